The number of oxime groups is 1. The second-order valence-electron chi connectivity index (χ2n) is 7.95. The van der Waals surface area contributed by atoms with Crippen LogP contribution in [0.2, 0.25) is 0 Å². The first-order chi connectivity index (χ1) is 14.1. The third-order valence-electron chi connectivity index (χ3n) is 6.14. The maximum absolute atomic E-state index is 13.1. The van der Waals surface area contributed by atoms with Gasteiger partial charge in [0.25, 0.3) is 0 Å². The van der Waals surface area contributed by atoms with Crippen molar-refractivity contribution in [3.63, 3.8) is 0 Å². The number of nitrogens with zero attached hydrogens (tertiary/aromatic N) is 2. The van der Waals surface area contributed by atoms with Crippen molar-refractivity contribution in [1.82, 2.24) is 10.2 Å². The van der Waals surface area contributed by atoms with Crippen LogP contribution < -0.4 is 5.32 Å². The van der Waals surface area contributed by atoms with Crippen LogP contribution >= 0.6 is 12.2 Å². The van der Waals surface area contributed by atoms with Gasteiger partial charge < -0.3 is 15.4 Å². The van der Waals surface area contributed by atoms with Gasteiger partial charge in [0.1, 0.15) is 11.8 Å². The van der Waals surface area contributed by atoms with E-state index in [4.69, 9.17) is 17.4 Å². The SMILES string of the molecule is O=C(CCC1=Cc2ccccc2C1)C1C(=S)CN[C@@H]1C(=O)N1CCC[C@H]1C=NO. The minimum Gasteiger partial charge on any atom is -0.411 e. The molecule has 0 bridgehead atoms. The lowest BCUT2D eigenvalue weighted by molar-refractivity contribution is -0.136. The fourth-order valence-corrected chi connectivity index (χ4v) is 5.00. The number of thiocarbonyl (C=S) groups is 1. The first-order valence-corrected chi connectivity index (χ1v) is 10.5. The number of rotatable bonds is 6. The van der Waals surface area contributed by atoms with Crippen LogP contribution in [0.25, 0.3) is 6.08 Å². The molecule has 1 unspecified atom stereocenters. The van der Waals surface area contributed by atoms with Crippen LogP contribution in [0, 0.1) is 5.92 Å². The molecule has 4 rings (SSSR count). The molecule has 7 heteroatoms. The number of carbonyl (C=O) groups is 2. The van der Waals surface area contributed by atoms with E-state index in [1.165, 1.54) is 22.9 Å². The summed E-state index contributed by atoms with van der Waals surface area (Å²) in [5, 5.41) is 15.1. The van der Waals surface area contributed by atoms with Gasteiger partial charge >= 0.3 is 0 Å². The third-order valence-corrected chi connectivity index (χ3v) is 6.53. The van der Waals surface area contributed by atoms with Gasteiger partial charge in [-0.05, 0) is 36.8 Å². The summed E-state index contributed by atoms with van der Waals surface area (Å²) >= 11 is 5.44. The summed E-state index contributed by atoms with van der Waals surface area (Å²) in [6.07, 6.45) is 7.13. The van der Waals surface area contributed by atoms with Crippen molar-refractivity contribution in [2.75, 3.05) is 13.1 Å². The Morgan fingerprint density at radius 3 is 2.97 bits per heavy atom. The molecule has 152 valence electrons. The largest absolute Gasteiger partial charge is 0.411 e. The van der Waals surface area contributed by atoms with Gasteiger partial charge in [-0.2, -0.15) is 0 Å². The lowest BCUT2D eigenvalue weighted by atomic mass is 9.90. The van der Waals surface area contributed by atoms with Gasteiger partial charge in [-0.1, -0.05) is 53.3 Å². The normalized spacial score (nSPS) is 26.2. The molecule has 2 heterocycles. The number of Topliss-reactive ketones (excluding diaryl/α,β-unsaturated/α-hetero) is 1. The van der Waals surface area contributed by atoms with Crippen molar-refractivity contribution in [3.8, 4) is 0 Å². The van der Waals surface area contributed by atoms with Crippen molar-refractivity contribution >= 4 is 41.1 Å². The zero-order valence-electron chi connectivity index (χ0n) is 16.2. The number of fused-ring (bicyclic) bond motifs is 1. The van der Waals surface area contributed by atoms with Gasteiger partial charge in [-0.25, -0.2) is 0 Å². The number of carbonyl (C=O) groups excluding carboxylic acids is 2. The maximum Gasteiger partial charge on any atom is 0.241 e. The second kappa shape index (κ2) is 8.55. The number of hydrogen-bond acceptors (Lipinski definition) is 6. The van der Waals surface area contributed by atoms with Crippen LogP contribution in [0.1, 0.15) is 36.8 Å². The molecule has 1 aliphatic carbocycles. The first kappa shape index (κ1) is 19.9. The Morgan fingerprint density at radius 1 is 1.34 bits per heavy atom. The molecule has 0 aromatic heterocycles. The summed E-state index contributed by atoms with van der Waals surface area (Å²) in [6.45, 7) is 1.01. The average molecular weight is 412 g/mol. The van der Waals surface area contributed by atoms with Gasteiger partial charge in [0.15, 0.2) is 0 Å². The molecule has 2 saturated heterocycles. The fraction of sp³-hybridized carbons (Fsp3) is 0.455. The molecule has 1 aromatic carbocycles. The molecule has 1 amide bonds. The van der Waals surface area contributed by atoms with E-state index < -0.39 is 12.0 Å². The van der Waals surface area contributed by atoms with Crippen LogP contribution in [-0.2, 0) is 16.0 Å². The Morgan fingerprint density at radius 2 is 2.17 bits per heavy atom. The quantitative estimate of drug-likeness (QED) is 0.325. The van der Waals surface area contributed by atoms with Crippen LogP contribution in [-0.4, -0.2) is 58.0 Å². The Bertz CT molecular complexity index is 895. The van der Waals surface area contributed by atoms with Gasteiger partial charge in [-0.15, -0.1) is 0 Å². The monoisotopic (exact) mass is 411 g/mol. The number of ketones is 1. The topological polar surface area (TPSA) is 82.0 Å². The van der Waals surface area contributed by atoms with Crippen molar-refractivity contribution in [2.45, 2.75) is 44.2 Å². The average Bonchev–Trinajstić information content (AvgIpc) is 3.43. The van der Waals surface area contributed by atoms with Crippen molar-refractivity contribution in [2.24, 2.45) is 11.1 Å². The standard InChI is InChI=1S/C22H25N3O3S/c26-18(8-7-14-10-15-4-1-2-5-16(15)11-14)20-19(29)13-23-21(20)22(27)25-9-3-6-17(25)12-24-28/h1-2,4-5,10,12,17,20-21,23,28H,3,6-9,11,13H2/t17-,20?,21-/m0/s1. The van der Waals surface area contributed by atoms with Crippen LogP contribution in [0.5, 0.6) is 0 Å². The molecule has 3 atom stereocenters. The maximum atomic E-state index is 13.1. The number of benzene rings is 1. The molecule has 2 aliphatic heterocycles. The molecule has 2 N–H and O–H groups in total. The molecule has 1 aromatic rings. The van der Waals surface area contributed by atoms with Gasteiger partial charge in [-0.3, -0.25) is 9.59 Å². The van der Waals surface area contributed by atoms with Gasteiger partial charge in [0.2, 0.25) is 5.91 Å². The van der Waals surface area contributed by atoms with Crippen molar-refractivity contribution in [1.29, 1.82) is 0 Å². The van der Waals surface area contributed by atoms with E-state index in [1.54, 1.807) is 4.90 Å². The Kier molecular flexibility index (Phi) is 5.87. The lowest BCUT2D eigenvalue weighted by Gasteiger charge is -2.27. The van der Waals surface area contributed by atoms with E-state index in [9.17, 15) is 9.59 Å². The highest BCUT2D eigenvalue weighted by Crippen LogP contribution is 2.29. The van der Waals surface area contributed by atoms with E-state index in [1.807, 2.05) is 12.1 Å². The molecule has 29 heavy (non-hydrogen) atoms. The number of allylic oxidation sites excluding steroid dienone is 1. The number of likely N-dealkylation sites (tertiary alicyclic amines) is 1. The number of nitrogens with one attached hydrogen (secondary N) is 1. The minimum atomic E-state index is -0.613. The summed E-state index contributed by atoms with van der Waals surface area (Å²) in [5.74, 6) is -0.658. The highest BCUT2D eigenvalue weighted by atomic mass is 32.1. The smallest absolute Gasteiger partial charge is 0.241 e. The summed E-state index contributed by atoms with van der Waals surface area (Å²) in [7, 11) is 0. The van der Waals surface area contributed by atoms with E-state index >= 15 is 0 Å². The van der Waals surface area contributed by atoms with E-state index in [2.05, 4.69) is 28.7 Å². The van der Waals surface area contributed by atoms with E-state index in [0.29, 0.717) is 30.8 Å². The molecule has 2 fully saturated rings. The van der Waals surface area contributed by atoms with Gasteiger partial charge in [0.05, 0.1) is 18.2 Å². The van der Waals surface area contributed by atoms with Gasteiger partial charge in [0, 0.05) is 24.4 Å². The molecule has 0 saturated carbocycles. The van der Waals surface area contributed by atoms with E-state index in [0.717, 1.165) is 19.3 Å². The molecule has 0 radical (unpaired) electrons. The molecule has 6 nitrogen and oxygen atoms in total. The van der Waals surface area contributed by atoms with Crippen LogP contribution in [0.3, 0.4) is 0 Å². The minimum absolute atomic E-state index is 0.0294. The molecular weight excluding hydrogens is 386 g/mol. The highest BCUT2D eigenvalue weighted by Gasteiger charge is 2.44. The summed E-state index contributed by atoms with van der Waals surface area (Å²) in [6, 6.07) is 7.44. The van der Waals surface area contributed by atoms with Crippen molar-refractivity contribution < 1.29 is 14.8 Å². The number of amides is 1. The Labute approximate surface area is 175 Å². The zero-order chi connectivity index (χ0) is 20.4. The fourth-order valence-electron chi connectivity index (χ4n) is 4.65. The summed E-state index contributed by atoms with van der Waals surface area (Å²) < 4.78 is 0. The second-order valence-corrected chi connectivity index (χ2v) is 8.48. The molecule has 0 spiro atoms. The number of hydrogen-bond donors (Lipinski definition) is 2. The van der Waals surface area contributed by atoms with E-state index in [-0.39, 0.29) is 17.7 Å². The zero-order valence-corrected chi connectivity index (χ0v) is 17.0. The summed E-state index contributed by atoms with van der Waals surface area (Å²) in [4.78, 5) is 28.4. The predicted molar refractivity (Wildman–Crippen MR) is 115 cm³/mol. The molecule has 3 aliphatic rings. The van der Waals surface area contributed by atoms with Crippen molar-refractivity contribution in [3.05, 3.63) is 41.0 Å². The summed E-state index contributed by atoms with van der Waals surface area (Å²) in [5.41, 5.74) is 3.77. The predicted octanol–water partition coefficient (Wildman–Crippen LogP) is 2.38. The Hall–Kier alpha value is -2.38. The van der Waals surface area contributed by atoms with Crippen LogP contribution in [0.4, 0.5) is 0 Å². The first-order valence-electron chi connectivity index (χ1n) is 10.1. The van der Waals surface area contributed by atoms with Crippen LogP contribution in [0.15, 0.2) is 35.0 Å². The third kappa shape index (κ3) is 4.02. The Balaban J connectivity index is 1.40. The molecular formula is C22H25N3O3S. The highest BCUT2D eigenvalue weighted by molar-refractivity contribution is 7.80. The lowest BCUT2D eigenvalue weighted by Crippen LogP contribution is -2.50.